The molecule has 4 heteroatoms. The number of aromatic amines is 1. The van der Waals surface area contributed by atoms with E-state index in [1.165, 1.54) is 10.9 Å². The standard InChI is InChI=1S/C19H22N4/c1-14-7-8-16(11-20)23(19(14,2)13-21)10-9-15-12-22-18-6-4-3-5-17(15)18/h3-6,12,14,16,22H,7-10H2,1-2H3/t14-,16-,19+/m0/s1. The third kappa shape index (κ3) is 2.60. The number of aromatic nitrogens is 1. The molecular formula is C19H22N4. The van der Waals surface area contributed by atoms with Gasteiger partial charge < -0.3 is 4.98 Å². The van der Waals surface area contributed by atoms with E-state index in [1.54, 1.807) is 0 Å². The van der Waals surface area contributed by atoms with Crippen molar-refractivity contribution < 1.29 is 0 Å². The molecule has 2 aromatic rings. The fourth-order valence-corrected chi connectivity index (χ4v) is 3.73. The van der Waals surface area contributed by atoms with E-state index >= 15 is 0 Å². The summed E-state index contributed by atoms with van der Waals surface area (Å²) in [6.45, 7) is 4.83. The second-order valence-corrected chi connectivity index (χ2v) is 6.69. The number of rotatable bonds is 3. The molecule has 0 saturated carbocycles. The van der Waals surface area contributed by atoms with Crippen LogP contribution in [0.3, 0.4) is 0 Å². The van der Waals surface area contributed by atoms with Crippen LogP contribution in [-0.2, 0) is 6.42 Å². The van der Waals surface area contributed by atoms with E-state index in [2.05, 4.69) is 41.1 Å². The fraction of sp³-hybridized carbons (Fsp3) is 0.474. The lowest BCUT2D eigenvalue weighted by Crippen LogP contribution is -2.58. The second-order valence-electron chi connectivity index (χ2n) is 6.69. The number of fused-ring (bicyclic) bond motifs is 1. The Kier molecular flexibility index (Phi) is 4.11. The molecule has 0 aliphatic carbocycles. The third-order valence-corrected chi connectivity index (χ3v) is 5.48. The van der Waals surface area contributed by atoms with Crippen LogP contribution in [0.2, 0.25) is 0 Å². The number of hydrogen-bond acceptors (Lipinski definition) is 3. The topological polar surface area (TPSA) is 66.6 Å². The minimum absolute atomic E-state index is 0.166. The summed E-state index contributed by atoms with van der Waals surface area (Å²) in [5.41, 5.74) is 1.82. The fourth-order valence-electron chi connectivity index (χ4n) is 3.73. The van der Waals surface area contributed by atoms with Gasteiger partial charge in [0.15, 0.2) is 0 Å². The SMILES string of the molecule is C[C@H]1CC[C@@H](C#N)N(CCc2c[nH]c3ccccc23)[C@]1(C)C#N. The van der Waals surface area contributed by atoms with Crippen LogP contribution in [-0.4, -0.2) is 28.0 Å². The zero-order valence-corrected chi connectivity index (χ0v) is 13.7. The Morgan fingerprint density at radius 2 is 2.09 bits per heavy atom. The van der Waals surface area contributed by atoms with E-state index in [0.717, 1.165) is 31.3 Å². The highest BCUT2D eigenvalue weighted by atomic mass is 15.2. The average molecular weight is 306 g/mol. The molecule has 23 heavy (non-hydrogen) atoms. The number of piperidine rings is 1. The molecule has 4 nitrogen and oxygen atoms in total. The Labute approximate surface area is 137 Å². The van der Waals surface area contributed by atoms with Gasteiger partial charge >= 0.3 is 0 Å². The maximum atomic E-state index is 9.73. The number of hydrogen-bond donors (Lipinski definition) is 1. The molecule has 3 atom stereocenters. The van der Waals surface area contributed by atoms with Gasteiger partial charge in [-0.25, -0.2) is 0 Å². The molecule has 3 rings (SSSR count). The van der Waals surface area contributed by atoms with Crippen molar-refractivity contribution in [3.05, 3.63) is 36.0 Å². The van der Waals surface area contributed by atoms with Crippen molar-refractivity contribution in [3.63, 3.8) is 0 Å². The molecular weight excluding hydrogens is 284 g/mol. The van der Waals surface area contributed by atoms with Crippen LogP contribution in [0, 0.1) is 28.6 Å². The molecule has 0 bridgehead atoms. The van der Waals surface area contributed by atoms with E-state index in [4.69, 9.17) is 0 Å². The van der Waals surface area contributed by atoms with Gasteiger partial charge in [-0.05, 0) is 43.7 Å². The highest BCUT2D eigenvalue weighted by Gasteiger charge is 2.44. The van der Waals surface area contributed by atoms with Gasteiger partial charge in [0.25, 0.3) is 0 Å². The van der Waals surface area contributed by atoms with Crippen LogP contribution in [0.4, 0.5) is 0 Å². The molecule has 1 aromatic carbocycles. The van der Waals surface area contributed by atoms with Gasteiger partial charge in [-0.2, -0.15) is 10.5 Å². The Morgan fingerprint density at radius 3 is 2.83 bits per heavy atom. The number of H-pyrrole nitrogens is 1. The molecule has 1 aromatic heterocycles. The summed E-state index contributed by atoms with van der Waals surface area (Å²) >= 11 is 0. The highest BCUT2D eigenvalue weighted by Crippen LogP contribution is 2.36. The number of benzene rings is 1. The molecule has 0 spiro atoms. The van der Waals surface area contributed by atoms with E-state index in [9.17, 15) is 10.5 Å². The van der Waals surface area contributed by atoms with Crippen molar-refractivity contribution in [3.8, 4) is 12.1 Å². The van der Waals surface area contributed by atoms with Crippen LogP contribution in [0.1, 0.15) is 32.3 Å². The van der Waals surface area contributed by atoms with Gasteiger partial charge in [0, 0.05) is 23.6 Å². The first-order chi connectivity index (χ1) is 11.1. The Balaban J connectivity index is 1.84. The Hall–Kier alpha value is -2.30. The minimum atomic E-state index is -0.565. The lowest BCUT2D eigenvalue weighted by molar-refractivity contribution is 0.0326. The van der Waals surface area contributed by atoms with Gasteiger partial charge in [-0.3, -0.25) is 4.90 Å². The summed E-state index contributed by atoms with van der Waals surface area (Å²) in [5, 5.41) is 20.4. The van der Waals surface area contributed by atoms with Crippen LogP contribution in [0.15, 0.2) is 30.5 Å². The first-order valence-electron chi connectivity index (χ1n) is 8.22. The number of para-hydroxylation sites is 1. The number of nitrogens with one attached hydrogen (secondary N) is 1. The molecule has 1 saturated heterocycles. The summed E-state index contributed by atoms with van der Waals surface area (Å²) in [6.07, 6.45) is 4.67. The quantitative estimate of drug-likeness (QED) is 0.942. The van der Waals surface area contributed by atoms with Crippen molar-refractivity contribution in [1.29, 1.82) is 10.5 Å². The molecule has 0 unspecified atom stereocenters. The van der Waals surface area contributed by atoms with Gasteiger partial charge in [0.2, 0.25) is 0 Å². The maximum absolute atomic E-state index is 9.73. The predicted molar refractivity (Wildman–Crippen MR) is 90.5 cm³/mol. The molecule has 0 radical (unpaired) electrons. The molecule has 1 N–H and O–H groups in total. The summed E-state index contributed by atoms with van der Waals surface area (Å²) in [6, 6.07) is 13.0. The first-order valence-corrected chi connectivity index (χ1v) is 8.22. The summed E-state index contributed by atoms with van der Waals surface area (Å²) in [7, 11) is 0. The van der Waals surface area contributed by atoms with E-state index in [-0.39, 0.29) is 12.0 Å². The van der Waals surface area contributed by atoms with Crippen LogP contribution >= 0.6 is 0 Å². The van der Waals surface area contributed by atoms with Gasteiger partial charge in [-0.15, -0.1) is 0 Å². The first kappa shape index (κ1) is 15.6. The average Bonchev–Trinajstić information content (AvgIpc) is 2.99. The summed E-state index contributed by atoms with van der Waals surface area (Å²) in [4.78, 5) is 5.41. The van der Waals surface area contributed by atoms with Crippen molar-refractivity contribution in [2.45, 2.75) is 44.7 Å². The normalized spacial score (nSPS) is 28.3. The Morgan fingerprint density at radius 1 is 1.30 bits per heavy atom. The number of nitrogens with zero attached hydrogens (tertiary/aromatic N) is 3. The molecule has 118 valence electrons. The lowest BCUT2D eigenvalue weighted by atomic mass is 9.77. The van der Waals surface area contributed by atoms with Gasteiger partial charge in [-0.1, -0.05) is 25.1 Å². The molecule has 1 fully saturated rings. The van der Waals surface area contributed by atoms with E-state index in [1.807, 2.05) is 25.3 Å². The molecule has 1 aliphatic rings. The predicted octanol–water partition coefficient (Wildman–Crippen LogP) is 3.62. The van der Waals surface area contributed by atoms with Crippen LogP contribution in [0.5, 0.6) is 0 Å². The Bertz CT molecular complexity index is 778. The van der Waals surface area contributed by atoms with Crippen LogP contribution < -0.4 is 0 Å². The minimum Gasteiger partial charge on any atom is -0.361 e. The lowest BCUT2D eigenvalue weighted by Gasteiger charge is -2.47. The number of likely N-dealkylation sites (tertiary alicyclic amines) is 1. The van der Waals surface area contributed by atoms with Gasteiger partial charge in [0.05, 0.1) is 18.2 Å². The molecule has 2 heterocycles. The smallest absolute Gasteiger partial charge is 0.110 e. The van der Waals surface area contributed by atoms with E-state index in [0.29, 0.717) is 0 Å². The van der Waals surface area contributed by atoms with Crippen molar-refractivity contribution in [1.82, 2.24) is 9.88 Å². The van der Waals surface area contributed by atoms with E-state index < -0.39 is 5.54 Å². The zero-order valence-electron chi connectivity index (χ0n) is 13.7. The molecule has 0 amide bonds. The number of nitriles is 2. The van der Waals surface area contributed by atoms with Crippen LogP contribution in [0.25, 0.3) is 10.9 Å². The van der Waals surface area contributed by atoms with Crippen molar-refractivity contribution in [2.75, 3.05) is 6.54 Å². The molecule has 1 aliphatic heterocycles. The summed E-state index contributed by atoms with van der Waals surface area (Å²) in [5.74, 6) is 0.278. The second kappa shape index (κ2) is 6.07. The monoisotopic (exact) mass is 306 g/mol. The van der Waals surface area contributed by atoms with Crippen molar-refractivity contribution >= 4 is 10.9 Å². The van der Waals surface area contributed by atoms with Crippen molar-refractivity contribution in [2.24, 2.45) is 5.92 Å². The summed E-state index contributed by atoms with van der Waals surface area (Å²) < 4.78 is 0. The largest absolute Gasteiger partial charge is 0.361 e. The maximum Gasteiger partial charge on any atom is 0.110 e. The van der Waals surface area contributed by atoms with Gasteiger partial charge in [0.1, 0.15) is 5.54 Å². The zero-order chi connectivity index (χ0) is 16.4. The highest BCUT2D eigenvalue weighted by molar-refractivity contribution is 5.83. The third-order valence-electron chi connectivity index (χ3n) is 5.48.